The Kier molecular flexibility index (Phi) is 2.11. The maximum absolute atomic E-state index is 4.53. The van der Waals surface area contributed by atoms with Crippen LogP contribution in [0.15, 0.2) is 12.4 Å². The van der Waals surface area contributed by atoms with E-state index in [9.17, 15) is 0 Å². The molecule has 1 saturated heterocycles. The first-order valence-corrected chi connectivity index (χ1v) is 6.60. The van der Waals surface area contributed by atoms with Crippen molar-refractivity contribution < 1.29 is 0 Å². The summed E-state index contributed by atoms with van der Waals surface area (Å²) < 4.78 is 2.04. The summed E-state index contributed by atoms with van der Waals surface area (Å²) in [6.45, 7) is 2.24. The Morgan fingerprint density at radius 1 is 1.39 bits per heavy atom. The van der Waals surface area contributed by atoms with Crippen LogP contribution < -0.4 is 5.32 Å². The number of rotatable bonds is 1. The van der Waals surface area contributed by atoms with Gasteiger partial charge in [-0.3, -0.25) is 5.10 Å². The first-order chi connectivity index (χ1) is 8.84. The lowest BCUT2D eigenvalue weighted by atomic mass is 9.80. The molecule has 2 aromatic rings. The zero-order chi connectivity index (χ0) is 12.1. The van der Waals surface area contributed by atoms with E-state index in [4.69, 9.17) is 0 Å². The van der Waals surface area contributed by atoms with Gasteiger partial charge in [-0.25, -0.2) is 4.98 Å². The molecule has 0 unspecified atom stereocenters. The summed E-state index contributed by atoms with van der Waals surface area (Å²) in [5.41, 5.74) is 3.77. The quantitative estimate of drug-likeness (QED) is 0.787. The highest BCUT2D eigenvalue weighted by atomic mass is 15.2. The fourth-order valence-electron chi connectivity index (χ4n) is 3.42. The van der Waals surface area contributed by atoms with Crippen molar-refractivity contribution in [2.45, 2.75) is 18.8 Å². The Bertz CT molecular complexity index is 582. The molecule has 18 heavy (non-hydrogen) atoms. The summed E-state index contributed by atoms with van der Waals surface area (Å²) in [6.07, 6.45) is 6.19. The van der Waals surface area contributed by atoms with Gasteiger partial charge in [0.05, 0.1) is 0 Å². The van der Waals surface area contributed by atoms with Crippen LogP contribution in [0.2, 0.25) is 0 Å². The average molecular weight is 243 g/mol. The van der Waals surface area contributed by atoms with Crippen LogP contribution in [0, 0.1) is 5.92 Å². The van der Waals surface area contributed by atoms with Crippen molar-refractivity contribution in [3.05, 3.63) is 23.7 Å². The number of H-pyrrole nitrogens is 1. The molecule has 2 aliphatic rings. The van der Waals surface area contributed by atoms with Gasteiger partial charge in [0.1, 0.15) is 5.69 Å². The molecule has 2 atom stereocenters. The van der Waals surface area contributed by atoms with Crippen LogP contribution in [0.1, 0.15) is 23.6 Å². The van der Waals surface area contributed by atoms with Crippen molar-refractivity contribution >= 4 is 0 Å². The van der Waals surface area contributed by atoms with Gasteiger partial charge in [0.25, 0.3) is 0 Å². The Labute approximate surface area is 106 Å². The van der Waals surface area contributed by atoms with E-state index in [0.29, 0.717) is 5.92 Å². The van der Waals surface area contributed by atoms with Crippen molar-refractivity contribution in [3.63, 3.8) is 0 Å². The van der Waals surface area contributed by atoms with E-state index in [-0.39, 0.29) is 0 Å². The summed E-state index contributed by atoms with van der Waals surface area (Å²) in [5.74, 6) is 2.37. The third kappa shape index (κ3) is 1.31. The summed E-state index contributed by atoms with van der Waals surface area (Å²) in [5, 5.41) is 11.3. The monoisotopic (exact) mass is 243 g/mol. The van der Waals surface area contributed by atoms with Crippen molar-refractivity contribution in [2.24, 2.45) is 13.0 Å². The summed E-state index contributed by atoms with van der Waals surface area (Å²) >= 11 is 0. The number of hydrogen-bond donors (Lipinski definition) is 2. The molecule has 5 heteroatoms. The van der Waals surface area contributed by atoms with Gasteiger partial charge in [0, 0.05) is 43.2 Å². The molecule has 3 heterocycles. The van der Waals surface area contributed by atoms with Gasteiger partial charge in [-0.15, -0.1) is 0 Å². The number of hydrogen-bond acceptors (Lipinski definition) is 3. The van der Waals surface area contributed by atoms with Crippen LogP contribution in [0.25, 0.3) is 11.5 Å². The van der Waals surface area contributed by atoms with E-state index in [1.54, 1.807) is 0 Å². The summed E-state index contributed by atoms with van der Waals surface area (Å²) in [7, 11) is 2.02. The van der Waals surface area contributed by atoms with Gasteiger partial charge in [0.15, 0.2) is 5.82 Å². The molecule has 1 aliphatic heterocycles. The maximum atomic E-state index is 4.53. The maximum Gasteiger partial charge on any atom is 0.160 e. The van der Waals surface area contributed by atoms with Crippen LogP contribution in [0.5, 0.6) is 0 Å². The van der Waals surface area contributed by atoms with Gasteiger partial charge >= 0.3 is 0 Å². The highest BCUT2D eigenvalue weighted by Crippen LogP contribution is 2.40. The molecule has 1 aliphatic carbocycles. The minimum absolute atomic E-state index is 0.621. The number of aromatic nitrogens is 4. The second-order valence-electron chi connectivity index (χ2n) is 5.39. The summed E-state index contributed by atoms with van der Waals surface area (Å²) in [4.78, 5) is 4.42. The van der Waals surface area contributed by atoms with Gasteiger partial charge in [0.2, 0.25) is 0 Å². The Morgan fingerprint density at radius 2 is 2.33 bits per heavy atom. The molecule has 0 saturated carbocycles. The molecule has 0 spiro atoms. The highest BCUT2D eigenvalue weighted by Gasteiger charge is 2.36. The van der Waals surface area contributed by atoms with Gasteiger partial charge in [-0.1, -0.05) is 0 Å². The van der Waals surface area contributed by atoms with Crippen molar-refractivity contribution in [2.75, 3.05) is 13.1 Å². The SMILES string of the molecule is Cn1ccnc1-c1n[nH]c2c1CC[C@H]1CNC[C@H]21. The van der Waals surface area contributed by atoms with Crippen LogP contribution in [-0.2, 0) is 13.5 Å². The molecule has 1 fully saturated rings. The predicted octanol–water partition coefficient (Wildman–Crippen LogP) is 1.06. The molecule has 0 amide bonds. The first kappa shape index (κ1) is 10.3. The molecule has 0 aromatic carbocycles. The van der Waals surface area contributed by atoms with Crippen LogP contribution in [0.3, 0.4) is 0 Å². The fourth-order valence-corrected chi connectivity index (χ4v) is 3.42. The Balaban J connectivity index is 1.82. The number of nitrogens with one attached hydrogen (secondary N) is 2. The number of aryl methyl sites for hydroxylation is 1. The number of aromatic amines is 1. The molecule has 0 radical (unpaired) electrons. The van der Waals surface area contributed by atoms with Crippen LogP contribution in [-0.4, -0.2) is 32.8 Å². The molecule has 0 bridgehead atoms. The van der Waals surface area contributed by atoms with Crippen LogP contribution >= 0.6 is 0 Å². The standard InChI is InChI=1S/C13H17N5/c1-18-5-4-15-13(18)12-9-3-2-8-6-14-7-10(8)11(9)16-17-12/h4-5,8,10,14H,2-3,6-7H2,1H3,(H,16,17)/t8-,10-/m0/s1. The zero-order valence-corrected chi connectivity index (χ0v) is 10.5. The van der Waals surface area contributed by atoms with E-state index >= 15 is 0 Å². The van der Waals surface area contributed by atoms with Gasteiger partial charge < -0.3 is 9.88 Å². The molecule has 5 nitrogen and oxygen atoms in total. The minimum Gasteiger partial charge on any atom is -0.333 e. The van der Waals surface area contributed by atoms with E-state index in [0.717, 1.165) is 36.9 Å². The highest BCUT2D eigenvalue weighted by molar-refractivity contribution is 5.58. The normalized spacial score (nSPS) is 26.1. The summed E-state index contributed by atoms with van der Waals surface area (Å²) in [6, 6.07) is 0. The van der Waals surface area contributed by atoms with E-state index < -0.39 is 0 Å². The number of imidazole rings is 1. The molecule has 2 aromatic heterocycles. The molecule has 4 rings (SSSR count). The smallest absolute Gasteiger partial charge is 0.160 e. The second-order valence-corrected chi connectivity index (χ2v) is 5.39. The molecular formula is C13H17N5. The Hall–Kier alpha value is -1.62. The zero-order valence-electron chi connectivity index (χ0n) is 10.5. The third-order valence-corrected chi connectivity index (χ3v) is 4.41. The van der Waals surface area contributed by atoms with E-state index in [1.807, 2.05) is 24.0 Å². The lowest BCUT2D eigenvalue weighted by molar-refractivity contribution is 0.445. The molecule has 2 N–H and O–H groups in total. The van der Waals surface area contributed by atoms with Crippen molar-refractivity contribution in [3.8, 4) is 11.5 Å². The lowest BCUT2D eigenvalue weighted by Crippen LogP contribution is -2.19. The topological polar surface area (TPSA) is 58.5 Å². The molecule has 94 valence electrons. The lowest BCUT2D eigenvalue weighted by Gasteiger charge is -2.24. The van der Waals surface area contributed by atoms with E-state index in [2.05, 4.69) is 20.5 Å². The Morgan fingerprint density at radius 3 is 3.17 bits per heavy atom. The average Bonchev–Trinajstić information content (AvgIpc) is 3.04. The molecular weight excluding hydrogens is 226 g/mol. The minimum atomic E-state index is 0.621. The number of nitrogens with zero attached hydrogens (tertiary/aromatic N) is 3. The predicted molar refractivity (Wildman–Crippen MR) is 68.2 cm³/mol. The largest absolute Gasteiger partial charge is 0.333 e. The number of fused-ring (bicyclic) bond motifs is 3. The van der Waals surface area contributed by atoms with E-state index in [1.165, 1.54) is 17.7 Å². The second kappa shape index (κ2) is 3.68. The van der Waals surface area contributed by atoms with Gasteiger partial charge in [-0.2, -0.15) is 5.10 Å². The fraction of sp³-hybridized carbons (Fsp3) is 0.538. The third-order valence-electron chi connectivity index (χ3n) is 4.41. The van der Waals surface area contributed by atoms with Crippen molar-refractivity contribution in [1.82, 2.24) is 25.1 Å². The van der Waals surface area contributed by atoms with Gasteiger partial charge in [-0.05, 0) is 25.3 Å². The first-order valence-electron chi connectivity index (χ1n) is 6.60. The van der Waals surface area contributed by atoms with Crippen molar-refractivity contribution in [1.29, 1.82) is 0 Å². The van der Waals surface area contributed by atoms with Crippen LogP contribution in [0.4, 0.5) is 0 Å².